The normalized spacial score (nSPS) is 16.0. The molecule has 0 spiro atoms. The highest BCUT2D eigenvalue weighted by Gasteiger charge is 2.38. The minimum absolute atomic E-state index is 0.0618. The first-order valence-electron chi connectivity index (χ1n) is 31.7. The van der Waals surface area contributed by atoms with Crippen LogP contribution in [-0.2, 0) is 10.8 Å². The van der Waals surface area contributed by atoms with Crippen molar-refractivity contribution in [2.45, 2.75) is 154 Å². The van der Waals surface area contributed by atoms with Gasteiger partial charge in [0.1, 0.15) is 0 Å². The molecule has 2 saturated carbocycles. The molecule has 11 aromatic carbocycles. The molecule has 0 amide bonds. The van der Waals surface area contributed by atoms with E-state index in [4.69, 9.17) is 0 Å². The van der Waals surface area contributed by atoms with E-state index in [1.54, 1.807) is 0 Å². The number of hydrogen-bond donors (Lipinski definition) is 2. The van der Waals surface area contributed by atoms with Crippen LogP contribution in [0.2, 0.25) is 0 Å². The van der Waals surface area contributed by atoms with E-state index < -0.39 is 12.2 Å². The zero-order valence-electron chi connectivity index (χ0n) is 50.4. The summed E-state index contributed by atoms with van der Waals surface area (Å²) in [6.45, 7) is 18.2. The van der Waals surface area contributed by atoms with E-state index in [0.717, 1.165) is 22.3 Å². The Hall–Kier alpha value is -7.62. The van der Waals surface area contributed by atoms with E-state index in [0.29, 0.717) is 11.8 Å². The molecule has 2 N–H and O–H groups in total. The first kappa shape index (κ1) is 53.1. The Morgan fingerprint density at radius 2 is 0.690 bits per heavy atom. The Morgan fingerprint density at radius 1 is 0.333 bits per heavy atom. The van der Waals surface area contributed by atoms with Gasteiger partial charge in [0, 0.05) is 0 Å². The molecule has 2 unspecified atom stereocenters. The largest absolute Gasteiger partial charge is 0.389 e. The topological polar surface area (TPSA) is 40.5 Å². The van der Waals surface area contributed by atoms with Crippen LogP contribution in [0.3, 0.4) is 0 Å². The number of benzene rings is 11. The summed E-state index contributed by atoms with van der Waals surface area (Å²) < 4.78 is 0. The number of aliphatic hydroxyl groups excluding tert-OH is 2. The first-order chi connectivity index (χ1) is 40.6. The van der Waals surface area contributed by atoms with Crippen LogP contribution in [0.1, 0.15) is 177 Å². The van der Waals surface area contributed by atoms with Gasteiger partial charge in [-0.2, -0.15) is 0 Å². The van der Waals surface area contributed by atoms with Crippen LogP contribution in [-0.4, -0.2) is 10.2 Å². The van der Waals surface area contributed by atoms with Gasteiger partial charge < -0.3 is 10.2 Å². The molecular formula is C82H78O2. The fraction of sp³-hybridized carbons (Fsp3) is 0.293. The monoisotopic (exact) mass is 1090 g/mol. The van der Waals surface area contributed by atoms with Gasteiger partial charge >= 0.3 is 0 Å². The van der Waals surface area contributed by atoms with Crippen LogP contribution in [0.15, 0.2) is 170 Å². The fourth-order valence-electron chi connectivity index (χ4n) is 15.9. The highest BCUT2D eigenvalue weighted by Crippen LogP contribution is 2.65. The minimum atomic E-state index is -0.618. The third-order valence-corrected chi connectivity index (χ3v) is 20.3. The molecule has 84 heavy (non-hydrogen) atoms. The van der Waals surface area contributed by atoms with Crippen molar-refractivity contribution in [1.29, 1.82) is 0 Å². The summed E-state index contributed by atoms with van der Waals surface area (Å²) in [7, 11) is 0. The zero-order valence-corrected chi connectivity index (χ0v) is 50.4. The summed E-state index contributed by atoms with van der Waals surface area (Å²) in [6.07, 6.45) is 11.5. The van der Waals surface area contributed by atoms with Crippen molar-refractivity contribution in [1.82, 2.24) is 0 Å². The van der Waals surface area contributed by atoms with Crippen LogP contribution < -0.4 is 0 Å². The Labute approximate surface area is 497 Å². The van der Waals surface area contributed by atoms with Crippen molar-refractivity contribution < 1.29 is 10.2 Å². The van der Waals surface area contributed by atoms with E-state index in [2.05, 4.69) is 199 Å². The molecule has 0 aromatic heterocycles. The lowest BCUT2D eigenvalue weighted by Crippen LogP contribution is -2.14. The lowest BCUT2D eigenvalue weighted by molar-refractivity contribution is 0.199. The predicted octanol–water partition coefficient (Wildman–Crippen LogP) is 23.1. The fourth-order valence-corrected chi connectivity index (χ4v) is 15.9. The van der Waals surface area contributed by atoms with Crippen LogP contribution in [0, 0.1) is 0 Å². The molecule has 11 aromatic rings. The summed E-state index contributed by atoms with van der Waals surface area (Å²) in [6, 6.07) is 66.0. The molecule has 2 heteroatoms. The Balaban J connectivity index is 1.12. The summed E-state index contributed by atoms with van der Waals surface area (Å²) in [5, 5.41) is 32.5. The second kappa shape index (κ2) is 20.0. The molecule has 0 aliphatic heterocycles. The van der Waals surface area contributed by atoms with Crippen molar-refractivity contribution in [2.24, 2.45) is 0 Å². The summed E-state index contributed by atoms with van der Waals surface area (Å²) in [5.74, 6) is 1.08. The Morgan fingerprint density at radius 3 is 1.05 bits per heavy atom. The molecular weight excluding hydrogens is 1020 g/mol. The Kier molecular flexibility index (Phi) is 12.7. The van der Waals surface area contributed by atoms with Gasteiger partial charge in [-0.3, -0.25) is 0 Å². The lowest BCUT2D eigenvalue weighted by atomic mass is 9.75. The number of rotatable bonds is 8. The van der Waals surface area contributed by atoms with Crippen LogP contribution >= 0.6 is 0 Å². The lowest BCUT2D eigenvalue weighted by Gasteiger charge is -2.29. The van der Waals surface area contributed by atoms with Crippen molar-refractivity contribution in [3.05, 3.63) is 203 Å². The maximum absolute atomic E-state index is 11.2. The molecule has 2 fully saturated rings. The molecule has 2 nitrogen and oxygen atoms in total. The van der Waals surface area contributed by atoms with Gasteiger partial charge in [-0.25, -0.2) is 0 Å². The molecule has 0 radical (unpaired) electrons. The second-order valence-corrected chi connectivity index (χ2v) is 27.8. The number of hydrogen-bond acceptors (Lipinski definition) is 2. The Bertz CT molecular complexity index is 4240. The predicted molar refractivity (Wildman–Crippen MR) is 357 cm³/mol. The SMILES string of the molecule is CC(O)c1cccc(-c2c3c(c(-c4cccc(C(C)O)c4)c4ccccc24)-c2ccc4c5c(ccc-3c25)-c2c-4c(-c3cc(C4CCCCC4)cc(C(C)(C)C)c3)c3cc4ccccc4cc3c2-c2cc(C3CCCCC3)cc(C(C)(C)C)c2)c1. The first-order valence-corrected chi connectivity index (χ1v) is 31.7. The van der Waals surface area contributed by atoms with Gasteiger partial charge in [0.25, 0.3) is 0 Å². The van der Waals surface area contributed by atoms with E-state index in [1.165, 1.54) is 207 Å². The molecule has 2 atom stereocenters. The van der Waals surface area contributed by atoms with Gasteiger partial charge in [-0.1, -0.05) is 226 Å². The number of aliphatic hydroxyl groups is 2. The molecule has 0 heterocycles. The quantitative estimate of drug-likeness (QED) is 0.149. The van der Waals surface area contributed by atoms with Crippen molar-refractivity contribution in [3.63, 3.8) is 0 Å². The maximum atomic E-state index is 11.2. The van der Waals surface area contributed by atoms with Crippen molar-refractivity contribution in [2.75, 3.05) is 0 Å². The second-order valence-electron chi connectivity index (χ2n) is 27.8. The van der Waals surface area contributed by atoms with E-state index in [9.17, 15) is 10.2 Å². The number of fused-ring (bicyclic) bond motifs is 9. The zero-order chi connectivity index (χ0) is 57.5. The van der Waals surface area contributed by atoms with E-state index >= 15 is 0 Å². The molecule has 4 aliphatic carbocycles. The molecule has 4 aliphatic rings. The van der Waals surface area contributed by atoms with Gasteiger partial charge in [0.15, 0.2) is 0 Å². The van der Waals surface area contributed by atoms with E-state index in [1.807, 2.05) is 26.0 Å². The summed E-state index contributed by atoms with van der Waals surface area (Å²) in [4.78, 5) is 0. The van der Waals surface area contributed by atoms with Crippen molar-refractivity contribution in [3.8, 4) is 89.0 Å². The molecule has 0 saturated heterocycles. The van der Waals surface area contributed by atoms with Gasteiger partial charge in [0.2, 0.25) is 0 Å². The molecule has 15 rings (SSSR count). The highest BCUT2D eigenvalue weighted by molar-refractivity contribution is 6.35. The standard InChI is InChI=1S/C82H78O2/c1-47(83)51-27-19-29-55(37-51)71-63-31-17-18-32-64(63)72(56-30-20-28-52(38-56)48(2)84)78-66-34-36-68-76-67(35-33-65(75(66)76)77(71)78)79-73(59-39-57(49-21-11-9-12-22-49)41-61(43-59)81(3,4)5)69-45-53-25-15-16-26-54(53)46-70(69)74(80(68)79)60-40-58(50-23-13-10-14-24-50)42-62(44-60)82(6,7)8/h15-20,25-50,83-84H,9-14,21-24H2,1-8H3. The maximum Gasteiger partial charge on any atom is 0.0762 e. The van der Waals surface area contributed by atoms with Crippen molar-refractivity contribution >= 4 is 43.1 Å². The average molecular weight is 1100 g/mol. The smallest absolute Gasteiger partial charge is 0.0762 e. The summed E-state index contributed by atoms with van der Waals surface area (Å²) >= 11 is 0. The van der Waals surface area contributed by atoms with Crippen LogP contribution in [0.4, 0.5) is 0 Å². The van der Waals surface area contributed by atoms with Crippen LogP contribution in [0.5, 0.6) is 0 Å². The minimum Gasteiger partial charge on any atom is -0.389 e. The highest BCUT2D eigenvalue weighted by atomic mass is 16.3. The molecule has 418 valence electrons. The van der Waals surface area contributed by atoms with Crippen LogP contribution in [0.25, 0.3) is 132 Å². The van der Waals surface area contributed by atoms with Gasteiger partial charge in [-0.15, -0.1) is 0 Å². The van der Waals surface area contributed by atoms with E-state index in [-0.39, 0.29) is 10.8 Å². The van der Waals surface area contributed by atoms with Gasteiger partial charge in [0.05, 0.1) is 12.2 Å². The summed E-state index contributed by atoms with van der Waals surface area (Å²) in [5.41, 5.74) is 27.6. The molecule has 0 bridgehead atoms. The average Bonchev–Trinajstić information content (AvgIpc) is 1.58. The third-order valence-electron chi connectivity index (χ3n) is 20.3. The van der Waals surface area contributed by atoms with Gasteiger partial charge in [-0.05, 0) is 252 Å². The third kappa shape index (κ3) is 8.55.